The van der Waals surface area contributed by atoms with Crippen molar-refractivity contribution in [2.75, 3.05) is 0 Å². The molecule has 0 amide bonds. The van der Waals surface area contributed by atoms with Crippen LogP contribution in [-0.2, 0) is 9.59 Å². The average Bonchev–Trinajstić information content (AvgIpc) is 2.05. The molecule has 1 N–H and O–H groups in total. The van der Waals surface area contributed by atoms with Crippen LogP contribution in [0.25, 0.3) is 0 Å². The average molecular weight is 170 g/mol. The maximum Gasteiger partial charge on any atom is 0.201 e. The van der Waals surface area contributed by atoms with Gasteiger partial charge in [-0.3, -0.25) is 9.59 Å². The molecule has 0 saturated heterocycles. The monoisotopic (exact) mass is 170 g/mol. The van der Waals surface area contributed by atoms with Gasteiger partial charge in [-0.2, -0.15) is 0 Å². The van der Waals surface area contributed by atoms with Crippen molar-refractivity contribution in [2.45, 2.75) is 44.6 Å². The minimum atomic E-state index is -0.553. The highest BCUT2D eigenvalue weighted by molar-refractivity contribution is 5.51. The molecule has 0 bridgehead atoms. The standard InChI is InChI=1S/C9H14O3/c10-7-4-2-1-3-5-9(12)6-8-11/h9,12H,1-6H2. The van der Waals surface area contributed by atoms with Gasteiger partial charge in [0.1, 0.15) is 0 Å². The Morgan fingerprint density at radius 1 is 1.08 bits per heavy atom. The summed E-state index contributed by atoms with van der Waals surface area (Å²) in [4.78, 5) is 19.6. The molecule has 0 aromatic heterocycles. The minimum Gasteiger partial charge on any atom is -0.393 e. The number of carbonyl (C=O) groups excluding carboxylic acids is 2. The summed E-state index contributed by atoms with van der Waals surface area (Å²) in [6, 6.07) is 0. The molecule has 2 radical (unpaired) electrons. The summed E-state index contributed by atoms with van der Waals surface area (Å²) >= 11 is 0. The number of rotatable bonds is 8. The van der Waals surface area contributed by atoms with Gasteiger partial charge < -0.3 is 5.11 Å². The summed E-state index contributed by atoms with van der Waals surface area (Å²) < 4.78 is 0. The van der Waals surface area contributed by atoms with Crippen molar-refractivity contribution in [3.63, 3.8) is 0 Å². The van der Waals surface area contributed by atoms with Crippen molar-refractivity contribution in [2.24, 2.45) is 0 Å². The summed E-state index contributed by atoms with van der Waals surface area (Å²) in [5.41, 5.74) is 0. The molecule has 0 rings (SSSR count). The molecule has 0 aliphatic rings. The van der Waals surface area contributed by atoms with Crippen LogP contribution >= 0.6 is 0 Å². The maximum absolute atomic E-state index is 9.81. The quantitative estimate of drug-likeness (QED) is 0.551. The fourth-order valence-electron chi connectivity index (χ4n) is 0.952. The Bertz CT molecular complexity index is 123. The van der Waals surface area contributed by atoms with Crippen molar-refractivity contribution in [3.8, 4) is 0 Å². The highest BCUT2D eigenvalue weighted by Crippen LogP contribution is 2.06. The smallest absolute Gasteiger partial charge is 0.201 e. The zero-order valence-corrected chi connectivity index (χ0v) is 7.08. The topological polar surface area (TPSA) is 54.4 Å². The van der Waals surface area contributed by atoms with E-state index in [9.17, 15) is 9.59 Å². The summed E-state index contributed by atoms with van der Waals surface area (Å²) in [6.45, 7) is 0. The van der Waals surface area contributed by atoms with Crippen LogP contribution < -0.4 is 0 Å². The van der Waals surface area contributed by atoms with Crippen LogP contribution in [0.15, 0.2) is 0 Å². The Morgan fingerprint density at radius 3 is 2.42 bits per heavy atom. The third-order valence-electron chi connectivity index (χ3n) is 1.64. The molecule has 3 nitrogen and oxygen atoms in total. The van der Waals surface area contributed by atoms with Gasteiger partial charge in [-0.1, -0.05) is 12.8 Å². The highest BCUT2D eigenvalue weighted by Gasteiger charge is 2.02. The Morgan fingerprint density at radius 2 is 1.83 bits per heavy atom. The Balaban J connectivity index is 3.07. The van der Waals surface area contributed by atoms with Gasteiger partial charge in [0, 0.05) is 12.8 Å². The van der Waals surface area contributed by atoms with E-state index in [1.54, 1.807) is 12.6 Å². The molecule has 0 saturated carbocycles. The second kappa shape index (κ2) is 8.40. The van der Waals surface area contributed by atoms with E-state index in [1.807, 2.05) is 0 Å². The van der Waals surface area contributed by atoms with Gasteiger partial charge in [0.25, 0.3) is 0 Å². The van der Waals surface area contributed by atoms with Crippen molar-refractivity contribution in [1.82, 2.24) is 0 Å². The largest absolute Gasteiger partial charge is 0.393 e. The zero-order chi connectivity index (χ0) is 9.23. The third kappa shape index (κ3) is 7.41. The fraction of sp³-hybridized carbons (Fsp3) is 0.778. The molecule has 0 aliphatic carbocycles. The molecule has 0 fully saturated rings. The summed E-state index contributed by atoms with van der Waals surface area (Å²) in [7, 11) is 0. The molecule has 0 aromatic rings. The molecule has 1 unspecified atom stereocenters. The van der Waals surface area contributed by atoms with E-state index in [4.69, 9.17) is 5.11 Å². The van der Waals surface area contributed by atoms with E-state index < -0.39 is 6.10 Å². The number of hydrogen-bond donors (Lipinski definition) is 1. The van der Waals surface area contributed by atoms with Gasteiger partial charge in [0.05, 0.1) is 6.10 Å². The van der Waals surface area contributed by atoms with Gasteiger partial charge in [-0.05, 0) is 12.8 Å². The number of aliphatic hydroxyl groups is 1. The van der Waals surface area contributed by atoms with Crippen LogP contribution in [0.3, 0.4) is 0 Å². The first-order valence-corrected chi connectivity index (χ1v) is 4.19. The van der Waals surface area contributed by atoms with Crippen molar-refractivity contribution < 1.29 is 14.7 Å². The first-order valence-electron chi connectivity index (χ1n) is 4.19. The van der Waals surface area contributed by atoms with Gasteiger partial charge in [-0.15, -0.1) is 0 Å². The molecular weight excluding hydrogens is 156 g/mol. The Labute approximate surface area is 72.8 Å². The van der Waals surface area contributed by atoms with E-state index in [-0.39, 0.29) is 6.42 Å². The molecule has 68 valence electrons. The summed E-state index contributed by atoms with van der Waals surface area (Å²) in [5, 5.41) is 9.07. The molecule has 1 atom stereocenters. The molecule has 0 spiro atoms. The third-order valence-corrected chi connectivity index (χ3v) is 1.64. The van der Waals surface area contributed by atoms with Crippen molar-refractivity contribution in [3.05, 3.63) is 0 Å². The number of unbranched alkanes of at least 4 members (excludes halogenated alkanes) is 3. The first-order chi connectivity index (χ1) is 5.81. The molecular formula is C9H14O3. The highest BCUT2D eigenvalue weighted by atomic mass is 16.3. The lowest BCUT2D eigenvalue weighted by atomic mass is 10.1. The second-order valence-electron chi connectivity index (χ2n) is 2.75. The van der Waals surface area contributed by atoms with E-state index in [0.29, 0.717) is 12.8 Å². The lowest BCUT2D eigenvalue weighted by Crippen LogP contribution is -2.06. The van der Waals surface area contributed by atoms with E-state index in [1.165, 1.54) is 0 Å². The molecule has 0 aliphatic heterocycles. The van der Waals surface area contributed by atoms with Crippen LogP contribution in [0.4, 0.5) is 0 Å². The Kier molecular flexibility index (Phi) is 7.91. The molecule has 12 heavy (non-hydrogen) atoms. The number of hydrogen-bond acceptors (Lipinski definition) is 3. The predicted molar refractivity (Wildman–Crippen MR) is 45.1 cm³/mol. The van der Waals surface area contributed by atoms with Gasteiger partial charge in [0.15, 0.2) is 6.29 Å². The van der Waals surface area contributed by atoms with Crippen LogP contribution in [0, 0.1) is 0 Å². The van der Waals surface area contributed by atoms with Crippen LogP contribution in [-0.4, -0.2) is 23.8 Å². The predicted octanol–water partition coefficient (Wildman–Crippen LogP) is 0.907. The first kappa shape index (κ1) is 11.3. The lowest BCUT2D eigenvalue weighted by molar-refractivity contribution is 0.167. The lowest BCUT2D eigenvalue weighted by Gasteiger charge is -2.04. The van der Waals surface area contributed by atoms with Crippen LogP contribution in [0.5, 0.6) is 0 Å². The normalized spacial score (nSPS) is 12.4. The maximum atomic E-state index is 9.81. The minimum absolute atomic E-state index is 0.0970. The van der Waals surface area contributed by atoms with E-state index in [2.05, 4.69) is 0 Å². The van der Waals surface area contributed by atoms with Crippen LogP contribution in [0.1, 0.15) is 38.5 Å². The van der Waals surface area contributed by atoms with Gasteiger partial charge >= 0.3 is 0 Å². The van der Waals surface area contributed by atoms with Gasteiger partial charge in [-0.25, -0.2) is 0 Å². The zero-order valence-electron chi connectivity index (χ0n) is 7.08. The van der Waals surface area contributed by atoms with E-state index in [0.717, 1.165) is 19.3 Å². The molecule has 0 aromatic carbocycles. The van der Waals surface area contributed by atoms with Crippen LogP contribution in [0.2, 0.25) is 0 Å². The van der Waals surface area contributed by atoms with Gasteiger partial charge in [0.2, 0.25) is 6.29 Å². The SMILES string of the molecule is O=[C]CCCCCC(O)C[C]=O. The van der Waals surface area contributed by atoms with Crippen molar-refractivity contribution >= 4 is 12.6 Å². The number of aliphatic hydroxyl groups excluding tert-OH is 1. The summed E-state index contributed by atoms with van der Waals surface area (Å²) in [5.74, 6) is 0. The van der Waals surface area contributed by atoms with Crippen molar-refractivity contribution in [1.29, 1.82) is 0 Å². The van der Waals surface area contributed by atoms with E-state index >= 15 is 0 Å². The molecule has 3 heteroatoms. The molecule has 0 heterocycles. The fourth-order valence-corrected chi connectivity index (χ4v) is 0.952. The Hall–Kier alpha value is -0.700. The summed E-state index contributed by atoms with van der Waals surface area (Å²) in [6.07, 6.45) is 6.67. The second-order valence-corrected chi connectivity index (χ2v) is 2.75.